The average Bonchev–Trinajstić information content (AvgIpc) is 2.22. The molecule has 1 aliphatic heterocycles. The van der Waals surface area contributed by atoms with Gasteiger partial charge in [0.05, 0.1) is 6.04 Å². The Kier molecular flexibility index (Phi) is 0.577. The maximum Gasteiger partial charge on any atom is 0.0592 e. The summed E-state index contributed by atoms with van der Waals surface area (Å²) in [5.41, 5.74) is 0. The third-order valence-electron chi connectivity index (χ3n) is 1.64. The minimum absolute atomic E-state index is 0.843. The fourth-order valence-electron chi connectivity index (χ4n) is 1.20. The minimum atomic E-state index is 0.843. The molecule has 2 aliphatic rings. The van der Waals surface area contributed by atoms with E-state index >= 15 is 0 Å². The van der Waals surface area contributed by atoms with E-state index in [-0.39, 0.29) is 0 Å². The summed E-state index contributed by atoms with van der Waals surface area (Å²) in [4.78, 5) is 0. The van der Waals surface area contributed by atoms with Gasteiger partial charge in [-0.15, -0.1) is 0 Å². The van der Waals surface area contributed by atoms with Crippen molar-refractivity contribution in [3.8, 4) is 0 Å². The van der Waals surface area contributed by atoms with Crippen LogP contribution in [0.25, 0.3) is 0 Å². The minimum Gasteiger partial charge on any atom is -0.305 e. The summed E-state index contributed by atoms with van der Waals surface area (Å²) in [5, 5.41) is 3.29. The van der Waals surface area contributed by atoms with Gasteiger partial charge in [-0.25, -0.2) is 0 Å². The quantitative estimate of drug-likeness (QED) is 0.466. The Balaban J connectivity index is 2.27. The van der Waals surface area contributed by atoms with Crippen molar-refractivity contribution in [1.29, 1.82) is 0 Å². The maximum absolute atomic E-state index is 3.29. The van der Waals surface area contributed by atoms with Gasteiger partial charge in [0, 0.05) is 6.54 Å². The molecule has 1 saturated heterocycles. The van der Waals surface area contributed by atoms with Crippen molar-refractivity contribution in [2.24, 2.45) is 5.92 Å². The van der Waals surface area contributed by atoms with Crippen LogP contribution in [-0.4, -0.2) is 6.54 Å². The highest BCUT2D eigenvalue weighted by atomic mass is 15.0. The highest BCUT2D eigenvalue weighted by molar-refractivity contribution is 5.23. The Morgan fingerprint density at radius 1 is 1.71 bits per heavy atom. The van der Waals surface area contributed by atoms with Crippen LogP contribution in [0.5, 0.6) is 0 Å². The van der Waals surface area contributed by atoms with Gasteiger partial charge in [-0.3, -0.25) is 0 Å². The highest BCUT2D eigenvalue weighted by Gasteiger charge is 2.25. The van der Waals surface area contributed by atoms with Crippen LogP contribution in [0, 0.1) is 12.0 Å². The lowest BCUT2D eigenvalue weighted by Crippen LogP contribution is -2.13. The molecule has 1 heterocycles. The van der Waals surface area contributed by atoms with E-state index in [9.17, 15) is 0 Å². The topological polar surface area (TPSA) is 12.0 Å². The van der Waals surface area contributed by atoms with Crippen molar-refractivity contribution in [2.75, 3.05) is 6.54 Å². The van der Waals surface area contributed by atoms with Gasteiger partial charge in [0.15, 0.2) is 0 Å². The molecule has 1 N–H and O–H groups in total. The Morgan fingerprint density at radius 2 is 2.71 bits per heavy atom. The Hall–Kier alpha value is -0.300. The van der Waals surface area contributed by atoms with Gasteiger partial charge in [-0.05, 0) is 12.3 Å². The molecule has 1 radical (unpaired) electrons. The largest absolute Gasteiger partial charge is 0.305 e. The molecule has 1 aliphatic carbocycles. The maximum atomic E-state index is 3.29. The molecule has 1 fully saturated rings. The smallest absolute Gasteiger partial charge is 0.0592 e. The summed E-state index contributed by atoms with van der Waals surface area (Å²) in [5.74, 6) is 0.843. The summed E-state index contributed by atoms with van der Waals surface area (Å²) < 4.78 is 0. The van der Waals surface area contributed by atoms with Crippen molar-refractivity contribution in [3.63, 3.8) is 0 Å². The third kappa shape index (κ3) is 0.416. The van der Waals surface area contributed by atoms with Crippen molar-refractivity contribution in [1.82, 2.24) is 5.32 Å². The normalized spacial score (nSPS) is 38.0. The van der Waals surface area contributed by atoms with Crippen LogP contribution in [0.2, 0.25) is 0 Å². The predicted molar refractivity (Wildman–Crippen MR) is 28.5 cm³/mol. The number of hydrogen-bond donors (Lipinski definition) is 1. The second-order valence-electron chi connectivity index (χ2n) is 2.23. The Morgan fingerprint density at radius 3 is 2.86 bits per heavy atom. The highest BCUT2D eigenvalue weighted by Crippen LogP contribution is 2.28. The molecule has 0 aromatic heterocycles. The molecule has 0 amide bonds. The van der Waals surface area contributed by atoms with E-state index in [1.54, 1.807) is 0 Å². The molecular weight excluding hydrogens is 86.1 g/mol. The van der Waals surface area contributed by atoms with Gasteiger partial charge in [0.2, 0.25) is 0 Å². The number of fused-ring (bicyclic) bond motifs is 2. The summed E-state index contributed by atoms with van der Waals surface area (Å²) in [6.07, 6.45) is 5.75. The van der Waals surface area contributed by atoms with Crippen molar-refractivity contribution < 1.29 is 0 Å². The summed E-state index contributed by atoms with van der Waals surface area (Å²) in [6.45, 7) is 1.19. The molecule has 2 bridgehead atoms. The van der Waals surface area contributed by atoms with Gasteiger partial charge in [0.1, 0.15) is 0 Å². The molecular formula is C6H8N. The first kappa shape index (κ1) is 3.67. The lowest BCUT2D eigenvalue weighted by molar-refractivity contribution is 0.730. The van der Waals surface area contributed by atoms with E-state index in [1.807, 2.05) is 0 Å². The Bertz CT molecular complexity index is 94.7. The first-order valence-electron chi connectivity index (χ1n) is 2.73. The third-order valence-corrected chi connectivity index (χ3v) is 1.64. The van der Waals surface area contributed by atoms with Crippen LogP contribution in [0.3, 0.4) is 0 Å². The van der Waals surface area contributed by atoms with Gasteiger partial charge in [-0.2, -0.15) is 0 Å². The zero-order valence-corrected chi connectivity index (χ0v) is 4.15. The summed E-state index contributed by atoms with van der Waals surface area (Å²) >= 11 is 0. The van der Waals surface area contributed by atoms with Crippen molar-refractivity contribution >= 4 is 0 Å². The van der Waals surface area contributed by atoms with E-state index < -0.39 is 0 Å². The van der Waals surface area contributed by atoms with Gasteiger partial charge < -0.3 is 5.32 Å². The SMILES string of the molecule is C1=CC2CN[C]1C2. The molecule has 7 heavy (non-hydrogen) atoms. The van der Waals surface area contributed by atoms with Crippen LogP contribution < -0.4 is 5.32 Å². The average molecular weight is 94.1 g/mol. The molecule has 1 nitrogen and oxygen atoms in total. The van der Waals surface area contributed by atoms with Gasteiger partial charge in [0.25, 0.3) is 0 Å². The van der Waals surface area contributed by atoms with E-state index in [2.05, 4.69) is 17.5 Å². The van der Waals surface area contributed by atoms with Crippen LogP contribution in [0.4, 0.5) is 0 Å². The predicted octanol–water partition coefficient (Wildman–Crippen LogP) is 0.698. The molecule has 37 valence electrons. The van der Waals surface area contributed by atoms with Crippen LogP contribution in [0.1, 0.15) is 6.42 Å². The zero-order chi connectivity index (χ0) is 4.69. The molecule has 1 heteroatoms. The molecule has 0 spiro atoms. The van der Waals surface area contributed by atoms with Crippen molar-refractivity contribution in [2.45, 2.75) is 6.42 Å². The van der Waals surface area contributed by atoms with E-state index in [4.69, 9.17) is 0 Å². The number of hydrogen-bond acceptors (Lipinski definition) is 1. The van der Waals surface area contributed by atoms with Crippen LogP contribution in [-0.2, 0) is 0 Å². The lowest BCUT2D eigenvalue weighted by Gasteiger charge is -2.00. The molecule has 1 unspecified atom stereocenters. The molecule has 0 saturated carbocycles. The first-order chi connectivity index (χ1) is 3.45. The van der Waals surface area contributed by atoms with Crippen molar-refractivity contribution in [3.05, 3.63) is 18.2 Å². The molecule has 0 aromatic carbocycles. The monoisotopic (exact) mass is 94.1 g/mol. The summed E-state index contributed by atoms with van der Waals surface area (Å²) in [7, 11) is 0. The molecule has 0 aromatic rings. The lowest BCUT2D eigenvalue weighted by atomic mass is 10.2. The number of rotatable bonds is 0. The van der Waals surface area contributed by atoms with E-state index in [1.165, 1.54) is 19.0 Å². The van der Waals surface area contributed by atoms with Gasteiger partial charge in [-0.1, -0.05) is 12.2 Å². The second kappa shape index (κ2) is 1.10. The standard InChI is InChI=1S/C6H8N/c1-2-6-3-5(1)4-7-6/h1-2,5,7H,3-4H2. The number of nitrogens with one attached hydrogen (secondary N) is 1. The fourth-order valence-corrected chi connectivity index (χ4v) is 1.20. The van der Waals surface area contributed by atoms with Crippen LogP contribution >= 0.6 is 0 Å². The zero-order valence-electron chi connectivity index (χ0n) is 4.15. The molecule has 1 atom stereocenters. The molecule has 2 rings (SSSR count). The Labute approximate surface area is 43.4 Å². The second-order valence-corrected chi connectivity index (χ2v) is 2.23. The fraction of sp³-hybridized carbons (Fsp3) is 0.500. The van der Waals surface area contributed by atoms with E-state index in [0.717, 1.165) is 5.92 Å². The van der Waals surface area contributed by atoms with Gasteiger partial charge >= 0.3 is 0 Å². The summed E-state index contributed by atoms with van der Waals surface area (Å²) in [6, 6.07) is 1.44. The first-order valence-corrected chi connectivity index (χ1v) is 2.73. The van der Waals surface area contributed by atoms with Crippen LogP contribution in [0.15, 0.2) is 12.2 Å². The van der Waals surface area contributed by atoms with E-state index in [0.29, 0.717) is 0 Å².